The van der Waals surface area contributed by atoms with Gasteiger partial charge < -0.3 is 9.84 Å². The Hall–Kier alpha value is -0.610. The minimum Gasteiger partial charge on any atom is -0.389 e. The van der Waals surface area contributed by atoms with Gasteiger partial charge in [0, 0.05) is 23.7 Å². The standard InChI is InChI=1S/C17H26ClNO2/c1-13-4-3-5-14(2)19(13)10-17(20)12-21-11-15-6-8-16(18)9-7-15/h6-9,13-14,17,20H,3-5,10-12H2,1-2H3/t13-,14+,17-/m1/s1. The molecule has 21 heavy (non-hydrogen) atoms. The first-order chi connectivity index (χ1) is 10.1. The molecule has 0 saturated carbocycles. The van der Waals surface area contributed by atoms with Crippen LogP contribution in [0.15, 0.2) is 24.3 Å². The number of ether oxygens (including phenoxy) is 1. The summed E-state index contributed by atoms with van der Waals surface area (Å²) in [7, 11) is 0. The van der Waals surface area contributed by atoms with Crippen molar-refractivity contribution in [3.05, 3.63) is 34.9 Å². The number of hydrogen-bond donors (Lipinski definition) is 1. The molecule has 0 amide bonds. The summed E-state index contributed by atoms with van der Waals surface area (Å²) in [4.78, 5) is 2.40. The summed E-state index contributed by atoms with van der Waals surface area (Å²) in [6.07, 6.45) is 3.31. The molecule has 118 valence electrons. The third-order valence-corrected chi connectivity index (χ3v) is 4.54. The lowest BCUT2D eigenvalue weighted by atomic mass is 9.97. The molecule has 1 aliphatic rings. The Morgan fingerprint density at radius 3 is 2.48 bits per heavy atom. The van der Waals surface area contributed by atoms with Crippen molar-refractivity contribution in [2.24, 2.45) is 0 Å². The van der Waals surface area contributed by atoms with E-state index in [1.54, 1.807) is 0 Å². The number of likely N-dealkylation sites (tertiary alicyclic amines) is 1. The number of β-amino-alcohol motifs (C(OH)–C–C–N with tert-alkyl or cyclic N) is 1. The van der Waals surface area contributed by atoms with Crippen LogP contribution >= 0.6 is 11.6 Å². The van der Waals surface area contributed by atoms with Gasteiger partial charge in [0.1, 0.15) is 0 Å². The van der Waals surface area contributed by atoms with Gasteiger partial charge in [-0.25, -0.2) is 0 Å². The Morgan fingerprint density at radius 1 is 1.24 bits per heavy atom. The molecule has 0 radical (unpaired) electrons. The number of benzene rings is 1. The SMILES string of the molecule is C[C@@H]1CCC[C@H](C)N1C[C@@H](O)COCc1ccc(Cl)cc1. The topological polar surface area (TPSA) is 32.7 Å². The van der Waals surface area contributed by atoms with E-state index in [0.717, 1.165) is 10.6 Å². The van der Waals surface area contributed by atoms with Gasteiger partial charge in [-0.2, -0.15) is 0 Å². The van der Waals surface area contributed by atoms with E-state index < -0.39 is 6.10 Å². The van der Waals surface area contributed by atoms with Crippen LogP contribution in [0.1, 0.15) is 38.7 Å². The van der Waals surface area contributed by atoms with Crippen LogP contribution in [0, 0.1) is 0 Å². The summed E-state index contributed by atoms with van der Waals surface area (Å²) in [5.41, 5.74) is 1.08. The highest BCUT2D eigenvalue weighted by molar-refractivity contribution is 6.30. The molecular formula is C17H26ClNO2. The van der Waals surface area contributed by atoms with Crippen molar-refractivity contribution in [2.75, 3.05) is 13.2 Å². The Kier molecular flexibility index (Phi) is 6.49. The van der Waals surface area contributed by atoms with E-state index in [0.29, 0.717) is 31.8 Å². The molecule has 0 spiro atoms. The molecule has 0 aliphatic carbocycles. The highest BCUT2D eigenvalue weighted by atomic mass is 35.5. The molecule has 3 nitrogen and oxygen atoms in total. The average Bonchev–Trinajstić information content (AvgIpc) is 2.45. The van der Waals surface area contributed by atoms with Crippen LogP contribution in [0.5, 0.6) is 0 Å². The molecule has 1 aromatic rings. The number of halogens is 1. The highest BCUT2D eigenvalue weighted by Crippen LogP contribution is 2.22. The van der Waals surface area contributed by atoms with Crippen molar-refractivity contribution >= 4 is 11.6 Å². The lowest BCUT2D eigenvalue weighted by Gasteiger charge is -2.40. The molecule has 4 heteroatoms. The molecule has 2 rings (SSSR count). The maximum Gasteiger partial charge on any atom is 0.0900 e. The van der Waals surface area contributed by atoms with Crippen LogP contribution in [0.3, 0.4) is 0 Å². The smallest absolute Gasteiger partial charge is 0.0900 e. The molecule has 1 aromatic carbocycles. The van der Waals surface area contributed by atoms with Gasteiger partial charge in [-0.05, 0) is 44.4 Å². The number of aliphatic hydroxyl groups is 1. The van der Waals surface area contributed by atoms with Crippen LogP contribution in [-0.2, 0) is 11.3 Å². The van der Waals surface area contributed by atoms with Crippen LogP contribution in [0.2, 0.25) is 5.02 Å². The van der Waals surface area contributed by atoms with E-state index in [1.807, 2.05) is 24.3 Å². The third-order valence-electron chi connectivity index (χ3n) is 4.29. The lowest BCUT2D eigenvalue weighted by molar-refractivity contribution is -0.0135. The summed E-state index contributed by atoms with van der Waals surface area (Å²) >= 11 is 5.85. The van der Waals surface area contributed by atoms with Crippen LogP contribution in [0.4, 0.5) is 0 Å². The Morgan fingerprint density at radius 2 is 1.86 bits per heavy atom. The fourth-order valence-corrected chi connectivity index (χ4v) is 3.15. The van der Waals surface area contributed by atoms with Crippen LogP contribution in [-0.4, -0.2) is 41.3 Å². The van der Waals surface area contributed by atoms with E-state index in [2.05, 4.69) is 18.7 Å². The number of hydrogen-bond acceptors (Lipinski definition) is 3. The highest BCUT2D eigenvalue weighted by Gasteiger charge is 2.26. The van der Waals surface area contributed by atoms with Crippen molar-refractivity contribution in [3.63, 3.8) is 0 Å². The second kappa shape index (κ2) is 8.14. The van der Waals surface area contributed by atoms with Gasteiger partial charge in [0.2, 0.25) is 0 Å². The van der Waals surface area contributed by atoms with E-state index in [4.69, 9.17) is 16.3 Å². The average molecular weight is 312 g/mol. The fourth-order valence-electron chi connectivity index (χ4n) is 3.02. The number of nitrogens with zero attached hydrogens (tertiary/aromatic N) is 1. The van der Waals surface area contributed by atoms with Gasteiger partial charge in [-0.1, -0.05) is 30.2 Å². The lowest BCUT2D eigenvalue weighted by Crippen LogP contribution is -2.48. The molecule has 0 bridgehead atoms. The Balaban J connectivity index is 1.71. The molecule has 0 aromatic heterocycles. The van der Waals surface area contributed by atoms with Crippen molar-refractivity contribution in [3.8, 4) is 0 Å². The van der Waals surface area contributed by atoms with Gasteiger partial charge in [0.25, 0.3) is 0 Å². The zero-order valence-electron chi connectivity index (χ0n) is 13.0. The minimum atomic E-state index is -0.430. The maximum absolute atomic E-state index is 10.2. The zero-order valence-corrected chi connectivity index (χ0v) is 13.7. The van der Waals surface area contributed by atoms with Gasteiger partial charge in [-0.3, -0.25) is 4.90 Å². The molecular weight excluding hydrogens is 286 g/mol. The van der Waals surface area contributed by atoms with Crippen molar-refractivity contribution in [1.82, 2.24) is 4.90 Å². The zero-order chi connectivity index (χ0) is 15.2. The maximum atomic E-state index is 10.2. The molecule has 3 atom stereocenters. The predicted octanol–water partition coefficient (Wildman–Crippen LogP) is 3.48. The quantitative estimate of drug-likeness (QED) is 0.873. The monoisotopic (exact) mass is 311 g/mol. The van der Waals surface area contributed by atoms with Crippen LogP contribution in [0.25, 0.3) is 0 Å². The summed E-state index contributed by atoms with van der Waals surface area (Å²) < 4.78 is 5.61. The van der Waals surface area contributed by atoms with E-state index in [1.165, 1.54) is 19.3 Å². The molecule has 1 N–H and O–H groups in total. The summed E-state index contributed by atoms with van der Waals surface area (Å²) in [5.74, 6) is 0. The molecule has 1 fully saturated rings. The second-order valence-electron chi connectivity index (χ2n) is 6.12. The van der Waals surface area contributed by atoms with Crippen molar-refractivity contribution in [2.45, 2.75) is 57.9 Å². The minimum absolute atomic E-state index is 0.374. The number of rotatable bonds is 6. The van der Waals surface area contributed by atoms with Crippen molar-refractivity contribution < 1.29 is 9.84 Å². The van der Waals surface area contributed by atoms with Gasteiger partial charge in [0.15, 0.2) is 0 Å². The largest absolute Gasteiger partial charge is 0.389 e. The number of aliphatic hydroxyl groups excluding tert-OH is 1. The Labute approximate surface area is 132 Å². The van der Waals surface area contributed by atoms with Gasteiger partial charge in [-0.15, -0.1) is 0 Å². The summed E-state index contributed by atoms with van der Waals surface area (Å²) in [6.45, 7) is 6.08. The molecule has 0 unspecified atom stereocenters. The third kappa shape index (κ3) is 5.26. The molecule has 1 saturated heterocycles. The van der Waals surface area contributed by atoms with Crippen molar-refractivity contribution in [1.29, 1.82) is 0 Å². The number of piperidine rings is 1. The van der Waals surface area contributed by atoms with Gasteiger partial charge >= 0.3 is 0 Å². The van der Waals surface area contributed by atoms with E-state index >= 15 is 0 Å². The van der Waals surface area contributed by atoms with Crippen LogP contribution < -0.4 is 0 Å². The first-order valence-corrected chi connectivity index (χ1v) is 8.20. The molecule has 1 aliphatic heterocycles. The first kappa shape index (κ1) is 16.8. The normalized spacial score (nSPS) is 25.0. The first-order valence-electron chi connectivity index (χ1n) is 7.82. The van der Waals surface area contributed by atoms with E-state index in [-0.39, 0.29) is 0 Å². The molecule has 1 heterocycles. The Bertz CT molecular complexity index is 413. The summed E-state index contributed by atoms with van der Waals surface area (Å²) in [6, 6.07) is 8.72. The summed E-state index contributed by atoms with van der Waals surface area (Å²) in [5, 5.41) is 10.9. The van der Waals surface area contributed by atoms with Gasteiger partial charge in [0.05, 0.1) is 19.3 Å². The van der Waals surface area contributed by atoms with E-state index in [9.17, 15) is 5.11 Å². The fraction of sp³-hybridized carbons (Fsp3) is 0.647. The predicted molar refractivity (Wildman–Crippen MR) is 86.6 cm³/mol. The second-order valence-corrected chi connectivity index (χ2v) is 6.56.